The zero-order valence-corrected chi connectivity index (χ0v) is 58.5. The van der Waals surface area contributed by atoms with Gasteiger partial charge in [-0.25, -0.2) is 9.97 Å². The molecule has 0 fully saturated rings. The first-order chi connectivity index (χ1) is 50.4. The van der Waals surface area contributed by atoms with Crippen LogP contribution in [0.1, 0.15) is 33.9 Å². The highest BCUT2D eigenvalue weighted by Gasteiger charge is 2.40. The van der Waals surface area contributed by atoms with Gasteiger partial charge in [0.05, 0.1) is 81.6 Å². The van der Waals surface area contributed by atoms with Gasteiger partial charge >= 0.3 is 21.2 Å². The van der Waals surface area contributed by atoms with E-state index in [0.717, 1.165) is 132 Å². The number of hydrogen-bond donors (Lipinski definition) is 2. The quantitative estimate of drug-likeness (QED) is 0.0605. The van der Waals surface area contributed by atoms with Crippen LogP contribution in [0.4, 0.5) is 0 Å². The molecule has 14 aromatic rings. The van der Waals surface area contributed by atoms with Crippen LogP contribution in [-0.4, -0.2) is 52.5 Å². The van der Waals surface area contributed by atoms with Gasteiger partial charge in [-0.1, -0.05) is 176 Å². The van der Waals surface area contributed by atoms with E-state index in [9.17, 15) is 0 Å². The minimum absolute atomic E-state index is 0.791. The Morgan fingerprint density at radius 3 is 0.716 bits per heavy atom. The second-order valence-corrected chi connectivity index (χ2v) is 34.2. The molecule has 0 atom stereocenters. The van der Waals surface area contributed by atoms with E-state index in [0.29, 0.717) is 0 Å². The van der Waals surface area contributed by atoms with Crippen LogP contribution in [0, 0.1) is 0 Å². The topological polar surface area (TPSA) is 114 Å². The molecule has 0 aliphatic carbocycles. The lowest BCUT2D eigenvalue weighted by Crippen LogP contribution is -2.27. The van der Waals surface area contributed by atoms with Gasteiger partial charge in [0.1, 0.15) is 0 Å². The number of benzene rings is 11. The highest BCUT2D eigenvalue weighted by atomic mass is 31.2. The summed E-state index contributed by atoms with van der Waals surface area (Å²) in [6.45, 7) is 12.4. The summed E-state index contributed by atoms with van der Waals surface area (Å²) in [5.41, 5.74) is 16.2. The second-order valence-electron chi connectivity index (χ2n) is 24.9. The Bertz CT molecular complexity index is 5880. The van der Waals surface area contributed by atoms with Crippen molar-refractivity contribution in [2.45, 2.75) is 0 Å². The van der Waals surface area contributed by atoms with Crippen molar-refractivity contribution >= 4 is 148 Å². The molecule has 2 aliphatic rings. The maximum atomic E-state index is 5.77. The molecule has 0 amide bonds. The zero-order chi connectivity index (χ0) is 68.9. The molecule has 484 valence electrons. The largest absolute Gasteiger partial charge is 0.354 e. The van der Waals surface area contributed by atoms with Gasteiger partial charge in [0.25, 0.3) is 32.6 Å². The molecule has 11 aromatic carbocycles. The predicted molar refractivity (Wildman–Crippen MR) is 443 cm³/mol. The van der Waals surface area contributed by atoms with Crippen LogP contribution in [0.25, 0.3) is 90.9 Å². The molecule has 0 unspecified atom stereocenters. The summed E-state index contributed by atoms with van der Waals surface area (Å²) >= 11 is 0. The smallest absolute Gasteiger partial charge is 0.308 e. The minimum atomic E-state index is -2.57. The fourth-order valence-corrected chi connectivity index (χ4v) is 24.1. The second kappa shape index (κ2) is 28.0. The van der Waals surface area contributed by atoms with E-state index in [-0.39, 0.29) is 0 Å². The molecule has 2 aliphatic heterocycles. The number of aromatic amines is 2. The normalized spacial score (nSPS) is 11.8. The van der Waals surface area contributed by atoms with Crippen LogP contribution < -0.4 is 65.7 Å². The lowest BCUT2D eigenvalue weighted by atomic mass is 10.0. The lowest BCUT2D eigenvalue weighted by molar-refractivity contribution is 1.31. The van der Waals surface area contributed by atoms with Crippen molar-refractivity contribution in [3.8, 4) is 44.5 Å². The Kier molecular flexibility index (Phi) is 17.6. The molecule has 5 heterocycles. The third-order valence-electron chi connectivity index (χ3n) is 19.2. The van der Waals surface area contributed by atoms with E-state index >= 15 is 0 Å². The van der Waals surface area contributed by atoms with Gasteiger partial charge < -0.3 is 9.97 Å². The number of fused-ring (bicyclic) bond motifs is 8. The molecule has 0 saturated heterocycles. The summed E-state index contributed by atoms with van der Waals surface area (Å²) < 4.78 is 20.1. The molecular formula is C91H69N8P3+4. The predicted octanol–water partition coefficient (Wildman–Crippen LogP) is 15.7. The number of nitrogens with zero attached hydrogens (tertiary/aromatic N) is 6. The molecule has 11 heteroatoms. The van der Waals surface area contributed by atoms with Gasteiger partial charge in [-0.3, -0.25) is 0 Å². The number of hydrogen-bond acceptors (Lipinski definition) is 2. The Balaban J connectivity index is 0.951. The summed E-state index contributed by atoms with van der Waals surface area (Å²) in [5.74, 6) is 0. The van der Waals surface area contributed by atoms with E-state index in [4.69, 9.17) is 23.2 Å². The number of H-pyrrole nitrogens is 2. The summed E-state index contributed by atoms with van der Waals surface area (Å²) in [5, 5.41) is 10.2. The van der Waals surface area contributed by atoms with E-state index in [1.165, 1.54) is 15.9 Å². The maximum Gasteiger partial charge on any atom is 0.308 e. The van der Waals surface area contributed by atoms with E-state index in [1.807, 2.05) is 0 Å². The Hall–Kier alpha value is -12.5. The molecule has 0 spiro atoms. The summed E-state index contributed by atoms with van der Waals surface area (Å²) in [6.07, 6.45) is 12.4. The number of aromatic nitrogens is 4. The van der Waals surface area contributed by atoms with Crippen molar-refractivity contribution in [3.05, 3.63) is 368 Å². The standard InChI is InChI=1S/C91H68N8P3/c1-92-63-65-39-43-67(44-40-65)88-80-55-56-82(96-80)89(68-45-41-66(42-46-68)64-95-102(75-33-19-8-20-34-75,76-35-21-9-22-36-76)77-37-23-10-24-38-77)83-58-60-85(98-83)91(70-49-53-79(54-50-70)101(94-3,73-29-15-6-16-30-73)74-31-17-7-18-32-74)87-62-61-86(99-87)90(84-59-57-81(88)97-84)69-47-51-78(52-48-69)100(93-2,71-25-11-4-12-26-71)72-27-13-5-14-28-72/h4-64H,1-3H2,(H,96,97,98,99)/q+3/p+1. The Labute approximate surface area is 594 Å². The first-order valence-corrected chi connectivity index (χ1v) is 39.1. The van der Waals surface area contributed by atoms with Crippen molar-refractivity contribution < 1.29 is 0 Å². The molecule has 0 saturated carbocycles. The van der Waals surface area contributed by atoms with Crippen LogP contribution in [0.2, 0.25) is 0 Å². The molecule has 0 radical (unpaired) electrons. The first kappa shape index (κ1) is 64.2. The summed E-state index contributed by atoms with van der Waals surface area (Å²) in [6, 6.07) is 118. The Morgan fingerprint density at radius 1 is 0.245 bits per heavy atom. The van der Waals surface area contributed by atoms with Gasteiger partial charge in [0, 0.05) is 44.3 Å². The molecule has 16 rings (SSSR count). The van der Waals surface area contributed by atoms with E-state index in [2.05, 4.69) is 399 Å². The fraction of sp³-hybridized carbons (Fsp3) is 0. The van der Waals surface area contributed by atoms with Crippen LogP contribution in [0.5, 0.6) is 0 Å². The highest BCUT2D eigenvalue weighted by molar-refractivity contribution is 7.87. The first-order valence-electron chi connectivity index (χ1n) is 33.9. The van der Waals surface area contributed by atoms with Crippen molar-refractivity contribution in [2.75, 3.05) is 0 Å². The minimum Gasteiger partial charge on any atom is -0.354 e. The van der Waals surface area contributed by atoms with Crippen LogP contribution in [-0.2, 0) is 0 Å². The van der Waals surface area contributed by atoms with E-state index < -0.39 is 21.2 Å². The average molecular weight is 1370 g/mol. The van der Waals surface area contributed by atoms with Crippen molar-refractivity contribution in [2.24, 2.45) is 0 Å². The number of rotatable bonds is 15. The van der Waals surface area contributed by atoms with Crippen LogP contribution >= 0.6 is 21.2 Å². The molecule has 3 aromatic heterocycles. The molecule has 8 bridgehead atoms. The van der Waals surface area contributed by atoms with E-state index in [1.54, 1.807) is 6.21 Å². The maximum absolute atomic E-state index is 5.77. The van der Waals surface area contributed by atoms with Crippen molar-refractivity contribution in [1.29, 1.82) is 0 Å². The molecule has 102 heavy (non-hydrogen) atoms. The van der Waals surface area contributed by atoms with Gasteiger partial charge in [-0.2, -0.15) is 0 Å². The van der Waals surface area contributed by atoms with Gasteiger partial charge in [0.15, 0.2) is 0 Å². The highest BCUT2D eigenvalue weighted by Crippen LogP contribution is 2.46. The monoisotopic (exact) mass is 1370 g/mol. The molecular weight excluding hydrogens is 1300 g/mol. The Morgan fingerprint density at radius 2 is 0.471 bits per heavy atom. The zero-order valence-electron chi connectivity index (χ0n) is 55.9. The molecule has 2 N–H and O–H groups in total. The van der Waals surface area contributed by atoms with Crippen LogP contribution in [0.3, 0.4) is 0 Å². The third kappa shape index (κ3) is 11.7. The molecule has 8 nitrogen and oxygen atoms in total. The number of nitrogens with one attached hydrogen (secondary N) is 2. The van der Waals surface area contributed by atoms with Crippen molar-refractivity contribution in [1.82, 2.24) is 37.9 Å². The van der Waals surface area contributed by atoms with Gasteiger partial charge in [0.2, 0.25) is 0 Å². The van der Waals surface area contributed by atoms with Gasteiger partial charge in [-0.05, 0) is 204 Å². The lowest BCUT2D eigenvalue weighted by Gasteiger charge is -2.15. The average Bonchev–Trinajstić information content (AvgIpc) is 1.04. The summed E-state index contributed by atoms with van der Waals surface area (Å²) in [4.78, 5) is 19.5. The summed E-state index contributed by atoms with van der Waals surface area (Å²) in [7, 11) is -7.66. The fourth-order valence-electron chi connectivity index (χ4n) is 14.4. The van der Waals surface area contributed by atoms with Gasteiger partial charge in [-0.15, -0.1) is 17.9 Å². The van der Waals surface area contributed by atoms with Crippen molar-refractivity contribution in [3.63, 3.8) is 0 Å². The van der Waals surface area contributed by atoms with Crippen LogP contribution in [0.15, 0.2) is 334 Å². The third-order valence-corrected chi connectivity index (χ3v) is 29.9. The SMILES string of the molecule is C=[N+]=Cc1ccc(-c2c3nc(c(-c4ccc(C=[N+]=P(c5ccccc5)(c5ccccc5)c5ccccc5)cc4)c4ccc([nH]4)c(-c4ccc(P(=[N+]=C)(c5ccccc5)c5ccccc5)cc4)c4nc(c(-c5ccc(P(=[N+]=C)(c6ccccc6)c6ccccc6)cc5)c5ccc2[nH]5)C=C4)C=C3)cc1.